The van der Waals surface area contributed by atoms with Gasteiger partial charge in [0.2, 0.25) is 0 Å². The molecule has 5 nitrogen and oxygen atoms in total. The number of nitrogens with zero attached hydrogens (tertiary/aromatic N) is 1. The quantitative estimate of drug-likeness (QED) is 0.910. The molecule has 1 aromatic carbocycles. The minimum Gasteiger partial charge on any atom is -0.496 e. The van der Waals surface area contributed by atoms with Crippen LogP contribution in [0.5, 0.6) is 5.75 Å². The van der Waals surface area contributed by atoms with Crippen LogP contribution in [0, 0.1) is 6.92 Å². The predicted molar refractivity (Wildman–Crippen MR) is 97.4 cm³/mol. The van der Waals surface area contributed by atoms with Crippen molar-refractivity contribution in [3.63, 3.8) is 0 Å². The van der Waals surface area contributed by atoms with Crippen molar-refractivity contribution in [1.29, 1.82) is 0 Å². The van der Waals surface area contributed by atoms with E-state index in [1.807, 2.05) is 25.1 Å². The summed E-state index contributed by atoms with van der Waals surface area (Å²) < 4.78 is 6.73. The molecule has 3 rings (SSSR count). The molecule has 0 bridgehead atoms. The van der Waals surface area contributed by atoms with E-state index >= 15 is 0 Å². The average Bonchev–Trinajstić information content (AvgIpc) is 2.63. The molecule has 132 valence electrons. The van der Waals surface area contributed by atoms with Gasteiger partial charge in [0.1, 0.15) is 5.75 Å². The maximum absolute atomic E-state index is 12.4. The van der Waals surface area contributed by atoms with Gasteiger partial charge in [-0.15, -0.1) is 0 Å². The maximum atomic E-state index is 12.4. The summed E-state index contributed by atoms with van der Waals surface area (Å²) in [6.07, 6.45) is 4.58. The van der Waals surface area contributed by atoms with E-state index in [2.05, 4.69) is 11.4 Å². The highest BCUT2D eigenvalue weighted by atomic mass is 16.5. The Bertz CT molecular complexity index is 839. The summed E-state index contributed by atoms with van der Waals surface area (Å²) in [6, 6.07) is 9.24. The second-order valence-electron chi connectivity index (χ2n) is 6.47. The number of aryl methyl sites for hydroxylation is 3. The van der Waals surface area contributed by atoms with Gasteiger partial charge >= 0.3 is 0 Å². The molecule has 0 fully saturated rings. The van der Waals surface area contributed by atoms with Crippen LogP contribution >= 0.6 is 0 Å². The number of ether oxygens (including phenoxy) is 1. The number of methoxy groups -OCH3 is 1. The third-order valence-corrected chi connectivity index (χ3v) is 4.78. The molecule has 0 spiro atoms. The first-order chi connectivity index (χ1) is 12.1. The standard InChI is InChI=1S/C20H24N2O3/c1-14-11-18(25-2)13-19(23)22(14)10-9-21-20(24)17-8-7-15-5-3-4-6-16(15)12-17/h7-8,11-13H,3-6,9-10H2,1-2H3,(H,21,24). The van der Waals surface area contributed by atoms with E-state index in [9.17, 15) is 9.59 Å². The van der Waals surface area contributed by atoms with Crippen LogP contribution in [0.4, 0.5) is 0 Å². The zero-order chi connectivity index (χ0) is 17.8. The van der Waals surface area contributed by atoms with Gasteiger partial charge in [0.15, 0.2) is 0 Å². The SMILES string of the molecule is COc1cc(C)n(CCNC(=O)c2ccc3c(c2)CCCC3)c(=O)c1. The Morgan fingerprint density at radius 2 is 1.92 bits per heavy atom. The van der Waals surface area contributed by atoms with Crippen molar-refractivity contribution in [2.45, 2.75) is 39.2 Å². The van der Waals surface area contributed by atoms with Crippen LogP contribution in [0.25, 0.3) is 0 Å². The van der Waals surface area contributed by atoms with Gasteiger partial charge in [-0.05, 0) is 61.9 Å². The van der Waals surface area contributed by atoms with Crippen molar-refractivity contribution in [1.82, 2.24) is 9.88 Å². The van der Waals surface area contributed by atoms with Crippen LogP contribution in [0.15, 0.2) is 35.1 Å². The van der Waals surface area contributed by atoms with E-state index in [0.717, 1.165) is 18.5 Å². The van der Waals surface area contributed by atoms with E-state index in [1.54, 1.807) is 4.57 Å². The number of pyridine rings is 1. The van der Waals surface area contributed by atoms with E-state index < -0.39 is 0 Å². The van der Waals surface area contributed by atoms with E-state index in [4.69, 9.17) is 4.74 Å². The molecule has 0 saturated carbocycles. The van der Waals surface area contributed by atoms with Gasteiger partial charge < -0.3 is 14.6 Å². The highest BCUT2D eigenvalue weighted by Crippen LogP contribution is 2.22. The highest BCUT2D eigenvalue weighted by molar-refractivity contribution is 5.94. The fourth-order valence-electron chi connectivity index (χ4n) is 3.36. The van der Waals surface area contributed by atoms with Gasteiger partial charge in [0.05, 0.1) is 7.11 Å². The predicted octanol–water partition coefficient (Wildman–Crippen LogP) is 2.47. The van der Waals surface area contributed by atoms with Gasteiger partial charge in [0, 0.05) is 30.4 Å². The van der Waals surface area contributed by atoms with Crippen molar-refractivity contribution in [2.75, 3.05) is 13.7 Å². The molecule has 25 heavy (non-hydrogen) atoms. The van der Waals surface area contributed by atoms with E-state index in [1.165, 1.54) is 37.1 Å². The highest BCUT2D eigenvalue weighted by Gasteiger charge is 2.13. The smallest absolute Gasteiger partial charge is 0.254 e. The molecule has 1 aromatic heterocycles. The lowest BCUT2D eigenvalue weighted by Gasteiger charge is -2.16. The molecule has 2 aromatic rings. The number of rotatable bonds is 5. The molecular weight excluding hydrogens is 316 g/mol. The van der Waals surface area contributed by atoms with Crippen LogP contribution in [0.2, 0.25) is 0 Å². The Hall–Kier alpha value is -2.56. The summed E-state index contributed by atoms with van der Waals surface area (Å²) in [5, 5.41) is 2.91. The van der Waals surface area contributed by atoms with Crippen LogP contribution < -0.4 is 15.6 Å². The molecule has 1 N–H and O–H groups in total. The van der Waals surface area contributed by atoms with Crippen molar-refractivity contribution < 1.29 is 9.53 Å². The summed E-state index contributed by atoms with van der Waals surface area (Å²) in [4.78, 5) is 24.5. The lowest BCUT2D eigenvalue weighted by atomic mass is 9.90. The molecule has 0 saturated heterocycles. The van der Waals surface area contributed by atoms with Crippen LogP contribution in [0.3, 0.4) is 0 Å². The maximum Gasteiger partial charge on any atom is 0.254 e. The molecule has 1 heterocycles. The van der Waals surface area contributed by atoms with Crippen molar-refractivity contribution in [2.24, 2.45) is 0 Å². The third-order valence-electron chi connectivity index (χ3n) is 4.78. The van der Waals surface area contributed by atoms with Crippen LogP contribution in [-0.2, 0) is 19.4 Å². The fourth-order valence-corrected chi connectivity index (χ4v) is 3.36. The zero-order valence-corrected chi connectivity index (χ0v) is 14.8. The molecule has 1 aliphatic carbocycles. The van der Waals surface area contributed by atoms with Gasteiger partial charge in [-0.25, -0.2) is 0 Å². The zero-order valence-electron chi connectivity index (χ0n) is 14.8. The number of carbonyl (C=O) groups excluding carboxylic acids is 1. The molecule has 0 aliphatic heterocycles. The van der Waals surface area contributed by atoms with Gasteiger partial charge in [0.25, 0.3) is 11.5 Å². The Kier molecular flexibility index (Phi) is 5.22. The number of benzene rings is 1. The summed E-state index contributed by atoms with van der Waals surface area (Å²) in [6.45, 7) is 2.70. The Morgan fingerprint density at radius 3 is 2.64 bits per heavy atom. The van der Waals surface area contributed by atoms with Gasteiger partial charge in [-0.3, -0.25) is 9.59 Å². The number of aromatic nitrogens is 1. The monoisotopic (exact) mass is 340 g/mol. The summed E-state index contributed by atoms with van der Waals surface area (Å²) >= 11 is 0. The molecule has 0 atom stereocenters. The minimum absolute atomic E-state index is 0.0902. The molecule has 5 heteroatoms. The number of nitrogens with one attached hydrogen (secondary N) is 1. The Labute approximate surface area is 147 Å². The normalized spacial score (nSPS) is 13.2. The number of hydrogen-bond acceptors (Lipinski definition) is 3. The molecule has 0 unspecified atom stereocenters. The molecule has 0 radical (unpaired) electrons. The molecular formula is C20H24N2O3. The lowest BCUT2D eigenvalue weighted by Crippen LogP contribution is -2.31. The van der Waals surface area contributed by atoms with Gasteiger partial charge in [-0.2, -0.15) is 0 Å². The Balaban J connectivity index is 1.63. The summed E-state index contributed by atoms with van der Waals surface area (Å²) in [7, 11) is 1.54. The topological polar surface area (TPSA) is 60.3 Å². The molecule has 1 amide bonds. The van der Waals surface area contributed by atoms with E-state index in [0.29, 0.717) is 24.4 Å². The second-order valence-corrected chi connectivity index (χ2v) is 6.47. The number of hydrogen-bond donors (Lipinski definition) is 1. The average molecular weight is 340 g/mol. The van der Waals surface area contributed by atoms with Crippen molar-refractivity contribution in [3.8, 4) is 5.75 Å². The first-order valence-electron chi connectivity index (χ1n) is 8.74. The molecule has 1 aliphatic rings. The largest absolute Gasteiger partial charge is 0.496 e. The first-order valence-corrected chi connectivity index (χ1v) is 8.74. The fraction of sp³-hybridized carbons (Fsp3) is 0.400. The van der Waals surface area contributed by atoms with Crippen molar-refractivity contribution >= 4 is 5.91 Å². The second kappa shape index (κ2) is 7.55. The van der Waals surface area contributed by atoms with Crippen LogP contribution in [0.1, 0.15) is 40.0 Å². The summed E-state index contributed by atoms with van der Waals surface area (Å²) in [5.41, 5.74) is 4.04. The number of fused-ring (bicyclic) bond motifs is 1. The number of carbonyl (C=O) groups is 1. The van der Waals surface area contributed by atoms with Gasteiger partial charge in [-0.1, -0.05) is 6.07 Å². The first kappa shape index (κ1) is 17.3. The van der Waals surface area contributed by atoms with Crippen molar-refractivity contribution in [3.05, 3.63) is 63.1 Å². The number of amides is 1. The lowest BCUT2D eigenvalue weighted by molar-refractivity contribution is 0.0952. The van der Waals surface area contributed by atoms with E-state index in [-0.39, 0.29) is 11.5 Å². The minimum atomic E-state index is -0.125. The van der Waals surface area contributed by atoms with Crippen LogP contribution in [-0.4, -0.2) is 24.1 Å². The Morgan fingerprint density at radius 1 is 1.16 bits per heavy atom. The summed E-state index contributed by atoms with van der Waals surface area (Å²) in [5.74, 6) is 0.462. The third kappa shape index (κ3) is 3.92.